The van der Waals surface area contributed by atoms with Crippen LogP contribution >= 0.6 is 0 Å². The molecule has 0 aromatic rings. The van der Waals surface area contributed by atoms with Crippen molar-refractivity contribution in [2.75, 3.05) is 6.61 Å². The number of unbranched alkanes of at least 4 members (excludes halogenated alkanes) is 11. The molecule has 0 fully saturated rings. The summed E-state index contributed by atoms with van der Waals surface area (Å²) in [4.78, 5) is 12.2. The molecule has 0 aliphatic heterocycles. The van der Waals surface area contributed by atoms with E-state index in [4.69, 9.17) is 0 Å². The highest BCUT2D eigenvalue weighted by molar-refractivity contribution is 5.80. The Kier molecular flexibility index (Phi) is 22.7. The second kappa shape index (κ2) is 23.5. The molecule has 4 unspecified atom stereocenters. The Morgan fingerprint density at radius 2 is 1.24 bits per heavy atom. The van der Waals surface area contributed by atoms with Crippen LogP contribution in [-0.4, -0.2) is 57.3 Å². The molecule has 0 heterocycles. The molecule has 0 spiro atoms. The van der Waals surface area contributed by atoms with Gasteiger partial charge in [0.05, 0.1) is 18.8 Å². The van der Waals surface area contributed by atoms with Gasteiger partial charge >= 0.3 is 0 Å². The lowest BCUT2D eigenvalue weighted by molar-refractivity contribution is -0.132. The van der Waals surface area contributed by atoms with Gasteiger partial charge in [-0.2, -0.15) is 0 Å². The molecule has 1 amide bonds. The topological polar surface area (TPSA) is 110 Å². The number of aliphatic hydroxyl groups excluding tert-OH is 4. The molecule has 200 valence electrons. The first-order chi connectivity index (χ1) is 16.5. The molecule has 0 aliphatic carbocycles. The molecule has 0 aliphatic rings. The lowest BCUT2D eigenvalue weighted by Crippen LogP contribution is -2.53. The predicted molar refractivity (Wildman–Crippen MR) is 141 cm³/mol. The molecule has 5 N–H and O–H groups in total. The molecule has 0 saturated heterocycles. The molecule has 6 heteroatoms. The maximum absolute atomic E-state index is 12.2. The Morgan fingerprint density at radius 3 is 1.85 bits per heavy atom. The molecule has 0 saturated carbocycles. The van der Waals surface area contributed by atoms with Crippen LogP contribution in [0.1, 0.15) is 117 Å². The molecular formula is C28H53NO5. The second-order valence-corrected chi connectivity index (χ2v) is 9.42. The highest BCUT2D eigenvalue weighted by Crippen LogP contribution is 2.12. The van der Waals surface area contributed by atoms with Crippen LogP contribution in [0.3, 0.4) is 0 Å². The maximum Gasteiger partial charge on any atom is 0.249 e. The number of nitrogens with one attached hydrogen (secondary N) is 1. The number of allylic oxidation sites excluding steroid dienone is 4. The zero-order valence-electron chi connectivity index (χ0n) is 21.8. The summed E-state index contributed by atoms with van der Waals surface area (Å²) in [6.07, 6.45) is 21.0. The normalized spacial score (nSPS) is 15.6. The van der Waals surface area contributed by atoms with Crippen molar-refractivity contribution in [3.05, 3.63) is 24.3 Å². The van der Waals surface area contributed by atoms with Crippen molar-refractivity contribution in [1.82, 2.24) is 5.32 Å². The summed E-state index contributed by atoms with van der Waals surface area (Å²) in [7, 11) is 0. The quantitative estimate of drug-likeness (QED) is 0.104. The minimum Gasteiger partial charge on any atom is -0.394 e. The van der Waals surface area contributed by atoms with E-state index in [0.29, 0.717) is 12.8 Å². The molecular weight excluding hydrogens is 430 g/mol. The van der Waals surface area contributed by atoms with Gasteiger partial charge in [0.25, 0.3) is 0 Å². The van der Waals surface area contributed by atoms with Gasteiger partial charge in [-0.25, -0.2) is 0 Å². The second-order valence-electron chi connectivity index (χ2n) is 9.42. The Bertz CT molecular complexity index is 523. The predicted octanol–water partition coefficient (Wildman–Crippen LogP) is 4.94. The van der Waals surface area contributed by atoms with E-state index in [1.807, 2.05) is 0 Å². The lowest BCUT2D eigenvalue weighted by Gasteiger charge is -2.27. The average Bonchev–Trinajstić information content (AvgIpc) is 2.84. The summed E-state index contributed by atoms with van der Waals surface area (Å²) in [6, 6.07) is -0.984. The third-order valence-corrected chi connectivity index (χ3v) is 6.19. The van der Waals surface area contributed by atoms with Crippen LogP contribution in [0.5, 0.6) is 0 Å². The number of carbonyl (C=O) groups is 1. The van der Waals surface area contributed by atoms with E-state index in [0.717, 1.165) is 70.6 Å². The van der Waals surface area contributed by atoms with E-state index >= 15 is 0 Å². The lowest BCUT2D eigenvalue weighted by atomic mass is 9.99. The Morgan fingerprint density at radius 1 is 0.735 bits per heavy atom. The van der Waals surface area contributed by atoms with Crippen LogP contribution in [0.4, 0.5) is 0 Å². The van der Waals surface area contributed by atoms with Gasteiger partial charge in [0.15, 0.2) is 0 Å². The number of carbonyl (C=O) groups excluding carboxylic acids is 1. The van der Waals surface area contributed by atoms with Crippen LogP contribution in [0.2, 0.25) is 0 Å². The largest absolute Gasteiger partial charge is 0.394 e. The smallest absolute Gasteiger partial charge is 0.249 e. The summed E-state index contributed by atoms with van der Waals surface area (Å²) in [5, 5.41) is 42.5. The van der Waals surface area contributed by atoms with Gasteiger partial charge in [-0.1, -0.05) is 102 Å². The fourth-order valence-corrected chi connectivity index (χ4v) is 3.86. The number of amides is 1. The third-order valence-electron chi connectivity index (χ3n) is 6.19. The van der Waals surface area contributed by atoms with Crippen LogP contribution in [0.25, 0.3) is 0 Å². The Hall–Kier alpha value is -1.21. The van der Waals surface area contributed by atoms with Gasteiger partial charge in [-0.05, 0) is 38.5 Å². The Balaban J connectivity index is 3.92. The third kappa shape index (κ3) is 18.2. The first-order valence-electron chi connectivity index (χ1n) is 13.7. The zero-order valence-corrected chi connectivity index (χ0v) is 21.8. The van der Waals surface area contributed by atoms with Gasteiger partial charge < -0.3 is 25.7 Å². The van der Waals surface area contributed by atoms with Crippen molar-refractivity contribution in [1.29, 1.82) is 0 Å². The number of aliphatic hydroxyl groups is 4. The Labute approximate surface area is 208 Å². The van der Waals surface area contributed by atoms with Crippen molar-refractivity contribution >= 4 is 5.91 Å². The van der Waals surface area contributed by atoms with Crippen LogP contribution < -0.4 is 5.32 Å². The summed E-state index contributed by atoms with van der Waals surface area (Å²) in [5.74, 6) is -0.607. The van der Waals surface area contributed by atoms with E-state index < -0.39 is 36.9 Å². The first kappa shape index (κ1) is 32.8. The summed E-state index contributed by atoms with van der Waals surface area (Å²) < 4.78 is 0. The monoisotopic (exact) mass is 483 g/mol. The van der Waals surface area contributed by atoms with Crippen LogP contribution in [0, 0.1) is 0 Å². The van der Waals surface area contributed by atoms with Crippen molar-refractivity contribution in [3.8, 4) is 0 Å². The minimum atomic E-state index is -1.26. The molecule has 4 atom stereocenters. The average molecular weight is 484 g/mol. The van der Waals surface area contributed by atoms with Crippen LogP contribution in [0.15, 0.2) is 24.3 Å². The molecule has 0 radical (unpaired) electrons. The summed E-state index contributed by atoms with van der Waals surface area (Å²) in [6.45, 7) is 3.82. The van der Waals surface area contributed by atoms with Crippen molar-refractivity contribution < 1.29 is 25.2 Å². The van der Waals surface area contributed by atoms with Gasteiger partial charge in [0.1, 0.15) is 12.2 Å². The van der Waals surface area contributed by atoms with E-state index in [1.165, 1.54) is 19.3 Å². The molecule has 0 aromatic carbocycles. The fraction of sp³-hybridized carbons (Fsp3) is 0.821. The molecule has 0 aromatic heterocycles. The number of hydrogen-bond donors (Lipinski definition) is 5. The van der Waals surface area contributed by atoms with Crippen molar-refractivity contribution in [2.24, 2.45) is 0 Å². The maximum atomic E-state index is 12.2. The molecule has 34 heavy (non-hydrogen) atoms. The molecule has 6 nitrogen and oxygen atoms in total. The summed E-state index contributed by atoms with van der Waals surface area (Å²) in [5.41, 5.74) is 0. The van der Waals surface area contributed by atoms with Crippen molar-refractivity contribution in [3.63, 3.8) is 0 Å². The summed E-state index contributed by atoms with van der Waals surface area (Å²) >= 11 is 0. The highest BCUT2D eigenvalue weighted by Gasteiger charge is 2.28. The van der Waals surface area contributed by atoms with Gasteiger partial charge in [0.2, 0.25) is 5.91 Å². The van der Waals surface area contributed by atoms with Crippen LogP contribution in [-0.2, 0) is 4.79 Å². The highest BCUT2D eigenvalue weighted by atomic mass is 16.3. The standard InChI is InChI=1S/C28H53NO5/c1-3-5-7-9-10-11-12-13-14-15-16-17-18-20-22-26(32)28(34)29-24(23-30)27(33)25(31)21-19-8-6-4-2/h10-13,24-27,30-33H,3-9,14-23H2,1-2H3,(H,29,34)/b11-10-,13-12-. The molecule has 0 rings (SSSR count). The zero-order chi connectivity index (χ0) is 25.4. The van der Waals surface area contributed by atoms with E-state index in [-0.39, 0.29) is 0 Å². The van der Waals surface area contributed by atoms with E-state index in [1.54, 1.807) is 0 Å². The number of rotatable bonds is 23. The van der Waals surface area contributed by atoms with Gasteiger partial charge in [-0.15, -0.1) is 0 Å². The van der Waals surface area contributed by atoms with Gasteiger partial charge in [0, 0.05) is 0 Å². The van der Waals surface area contributed by atoms with E-state index in [2.05, 4.69) is 43.5 Å². The first-order valence-corrected chi connectivity index (χ1v) is 13.7. The van der Waals surface area contributed by atoms with E-state index in [9.17, 15) is 25.2 Å². The minimum absolute atomic E-state index is 0.350. The number of hydrogen-bond acceptors (Lipinski definition) is 5. The SMILES string of the molecule is CCCCC/C=C\C=C/CCCCCCCC(O)C(=O)NC(CO)C(O)C(O)CCCCCC. The fourth-order valence-electron chi connectivity index (χ4n) is 3.86. The molecule has 0 bridgehead atoms. The van der Waals surface area contributed by atoms with Gasteiger partial charge in [-0.3, -0.25) is 4.79 Å². The van der Waals surface area contributed by atoms with Crippen molar-refractivity contribution in [2.45, 2.75) is 141 Å².